The molecule has 1 amide bonds. The fourth-order valence-electron chi connectivity index (χ4n) is 1.58. The van der Waals surface area contributed by atoms with Crippen molar-refractivity contribution >= 4 is 36.0 Å². The molecule has 22 heavy (non-hydrogen) atoms. The third-order valence-corrected chi connectivity index (χ3v) is 2.85. The van der Waals surface area contributed by atoms with Crippen molar-refractivity contribution in [3.63, 3.8) is 0 Å². The monoisotopic (exact) mass is 428 g/mol. The molecule has 0 aromatic rings. The topological polar surface area (TPSA) is 66.0 Å². The van der Waals surface area contributed by atoms with Gasteiger partial charge in [-0.1, -0.05) is 0 Å². The summed E-state index contributed by atoms with van der Waals surface area (Å²) in [5.74, 6) is 0.812. The van der Waals surface area contributed by atoms with Gasteiger partial charge in [0.15, 0.2) is 5.96 Å². The Morgan fingerprint density at radius 2 is 1.73 bits per heavy atom. The fourth-order valence-corrected chi connectivity index (χ4v) is 1.58. The predicted octanol–water partition coefficient (Wildman–Crippen LogP) is 2.82. The summed E-state index contributed by atoms with van der Waals surface area (Å²) in [6.07, 6.45) is 0.494. The third-order valence-electron chi connectivity index (χ3n) is 2.85. The number of hydrogen-bond donors (Lipinski definition) is 2. The van der Waals surface area contributed by atoms with Crippen molar-refractivity contribution in [3.8, 4) is 0 Å². The SMILES string of the molecule is CCNC(=NCCC(C)N(C)C(=O)OC(C)(C)C)NCC.I. The van der Waals surface area contributed by atoms with Crippen molar-refractivity contribution in [1.29, 1.82) is 0 Å². The molecule has 6 nitrogen and oxygen atoms in total. The minimum Gasteiger partial charge on any atom is -0.444 e. The van der Waals surface area contributed by atoms with Crippen LogP contribution in [-0.4, -0.2) is 55.3 Å². The lowest BCUT2D eigenvalue weighted by molar-refractivity contribution is 0.0231. The lowest BCUT2D eigenvalue weighted by Gasteiger charge is -2.28. The van der Waals surface area contributed by atoms with Crippen LogP contribution in [0.2, 0.25) is 0 Å². The first kappa shape index (κ1) is 23.5. The molecule has 0 aromatic carbocycles. The zero-order chi connectivity index (χ0) is 16.5. The molecule has 0 aliphatic rings. The van der Waals surface area contributed by atoms with Crippen LogP contribution in [0.25, 0.3) is 0 Å². The van der Waals surface area contributed by atoms with Crippen molar-refractivity contribution in [2.24, 2.45) is 4.99 Å². The van der Waals surface area contributed by atoms with Crippen molar-refractivity contribution in [2.45, 2.75) is 59.6 Å². The van der Waals surface area contributed by atoms with Gasteiger partial charge in [0.1, 0.15) is 5.60 Å². The second-order valence-corrected chi connectivity index (χ2v) is 6.02. The number of nitrogens with one attached hydrogen (secondary N) is 2. The molecular weight excluding hydrogens is 395 g/mol. The summed E-state index contributed by atoms with van der Waals surface area (Å²) in [5, 5.41) is 6.35. The summed E-state index contributed by atoms with van der Waals surface area (Å²) in [7, 11) is 1.76. The molecule has 0 saturated carbocycles. The first-order valence-corrected chi connectivity index (χ1v) is 7.69. The number of rotatable bonds is 6. The predicted molar refractivity (Wildman–Crippen MR) is 103 cm³/mol. The van der Waals surface area contributed by atoms with E-state index in [4.69, 9.17) is 4.74 Å². The van der Waals surface area contributed by atoms with Crippen LogP contribution in [0.3, 0.4) is 0 Å². The molecule has 1 atom stereocenters. The standard InChI is InChI=1S/C15H32N4O2.HI/c1-8-16-13(17-9-2)18-11-10-12(3)19(7)14(20)21-15(4,5)6;/h12H,8-11H2,1-7H3,(H2,16,17,18);1H. The van der Waals surface area contributed by atoms with E-state index in [0.717, 1.165) is 25.5 Å². The molecule has 0 spiro atoms. The molecular formula is C15H33IN4O2. The molecule has 0 aromatic heterocycles. The second kappa shape index (κ2) is 11.8. The van der Waals surface area contributed by atoms with Crippen LogP contribution in [0, 0.1) is 0 Å². The summed E-state index contributed by atoms with van der Waals surface area (Å²) in [5.41, 5.74) is -0.466. The Bertz CT molecular complexity index is 335. The number of hydrogen-bond acceptors (Lipinski definition) is 3. The van der Waals surface area contributed by atoms with Gasteiger partial charge in [-0.2, -0.15) is 0 Å². The first-order valence-electron chi connectivity index (χ1n) is 7.69. The molecule has 0 aliphatic carbocycles. The summed E-state index contributed by atoms with van der Waals surface area (Å²) in [4.78, 5) is 18.0. The van der Waals surface area contributed by atoms with E-state index in [1.54, 1.807) is 11.9 Å². The Labute approximate surface area is 152 Å². The number of carbonyl (C=O) groups excluding carboxylic acids is 1. The average Bonchev–Trinajstić information content (AvgIpc) is 2.36. The van der Waals surface area contributed by atoms with Crippen molar-refractivity contribution < 1.29 is 9.53 Å². The maximum absolute atomic E-state index is 11.9. The number of carbonyl (C=O) groups is 1. The van der Waals surface area contributed by atoms with Crippen LogP contribution in [0.4, 0.5) is 4.79 Å². The summed E-state index contributed by atoms with van der Waals surface area (Å²) < 4.78 is 5.35. The van der Waals surface area contributed by atoms with Gasteiger partial charge >= 0.3 is 6.09 Å². The minimum atomic E-state index is -0.466. The largest absolute Gasteiger partial charge is 0.444 e. The molecule has 0 aliphatic heterocycles. The number of nitrogens with zero attached hydrogens (tertiary/aromatic N) is 2. The maximum atomic E-state index is 11.9. The molecule has 0 radical (unpaired) electrons. The van der Waals surface area contributed by atoms with Gasteiger partial charge in [-0.3, -0.25) is 4.99 Å². The molecule has 2 N–H and O–H groups in total. The summed E-state index contributed by atoms with van der Waals surface area (Å²) >= 11 is 0. The van der Waals surface area contributed by atoms with E-state index in [2.05, 4.69) is 15.6 Å². The Kier molecular flexibility index (Phi) is 12.6. The van der Waals surface area contributed by atoms with Gasteiger partial charge in [0.05, 0.1) is 0 Å². The van der Waals surface area contributed by atoms with Crippen molar-refractivity contribution in [2.75, 3.05) is 26.7 Å². The zero-order valence-corrected chi connectivity index (χ0v) is 17.4. The molecule has 0 saturated heterocycles. The minimum absolute atomic E-state index is 0. The molecule has 0 rings (SSSR count). The number of halogens is 1. The van der Waals surface area contributed by atoms with Gasteiger partial charge in [-0.05, 0) is 48.0 Å². The quantitative estimate of drug-likeness (QED) is 0.388. The van der Waals surface area contributed by atoms with E-state index in [0.29, 0.717) is 6.54 Å². The van der Waals surface area contributed by atoms with Crippen LogP contribution in [0.15, 0.2) is 4.99 Å². The lowest BCUT2D eigenvalue weighted by atomic mass is 10.2. The van der Waals surface area contributed by atoms with Gasteiger partial charge in [0.2, 0.25) is 0 Å². The highest BCUT2D eigenvalue weighted by Gasteiger charge is 2.22. The van der Waals surface area contributed by atoms with E-state index in [-0.39, 0.29) is 36.1 Å². The highest BCUT2D eigenvalue weighted by molar-refractivity contribution is 14.0. The Morgan fingerprint density at radius 1 is 1.23 bits per heavy atom. The lowest BCUT2D eigenvalue weighted by Crippen LogP contribution is -2.40. The van der Waals surface area contributed by atoms with Gasteiger partial charge in [-0.15, -0.1) is 24.0 Å². The normalized spacial score (nSPS) is 11.8. The maximum Gasteiger partial charge on any atom is 0.410 e. The van der Waals surface area contributed by atoms with E-state index in [9.17, 15) is 4.79 Å². The van der Waals surface area contributed by atoms with E-state index < -0.39 is 5.60 Å². The molecule has 0 bridgehead atoms. The van der Waals surface area contributed by atoms with Gasteiger partial charge in [-0.25, -0.2) is 4.79 Å². The Hall–Kier alpha value is -0.730. The summed E-state index contributed by atoms with van der Waals surface area (Å²) in [6, 6.07) is 0.0769. The van der Waals surface area contributed by atoms with E-state index >= 15 is 0 Å². The molecule has 0 heterocycles. The number of amides is 1. The zero-order valence-electron chi connectivity index (χ0n) is 15.0. The van der Waals surface area contributed by atoms with E-state index in [1.807, 2.05) is 41.5 Å². The van der Waals surface area contributed by atoms with E-state index in [1.165, 1.54) is 0 Å². The van der Waals surface area contributed by atoms with Crippen LogP contribution in [0.1, 0.15) is 48.0 Å². The van der Waals surface area contributed by atoms with Crippen molar-refractivity contribution in [1.82, 2.24) is 15.5 Å². The smallest absolute Gasteiger partial charge is 0.410 e. The molecule has 1 unspecified atom stereocenters. The summed E-state index contributed by atoms with van der Waals surface area (Å²) in [6.45, 7) is 14.0. The second-order valence-electron chi connectivity index (χ2n) is 6.02. The van der Waals surface area contributed by atoms with Gasteiger partial charge in [0.25, 0.3) is 0 Å². The highest BCUT2D eigenvalue weighted by atomic mass is 127. The Morgan fingerprint density at radius 3 is 2.14 bits per heavy atom. The Balaban J connectivity index is 0. The molecule has 7 heteroatoms. The first-order chi connectivity index (χ1) is 9.71. The molecule has 0 fully saturated rings. The number of ether oxygens (including phenoxy) is 1. The van der Waals surface area contributed by atoms with Gasteiger partial charge in [0, 0.05) is 32.7 Å². The number of aliphatic imine (C=N–C) groups is 1. The van der Waals surface area contributed by atoms with Crippen molar-refractivity contribution in [3.05, 3.63) is 0 Å². The van der Waals surface area contributed by atoms with Crippen LogP contribution in [-0.2, 0) is 4.74 Å². The molecule has 132 valence electrons. The fraction of sp³-hybridized carbons (Fsp3) is 0.867. The highest BCUT2D eigenvalue weighted by Crippen LogP contribution is 2.11. The van der Waals surface area contributed by atoms with Crippen LogP contribution in [0.5, 0.6) is 0 Å². The number of guanidine groups is 1. The van der Waals surface area contributed by atoms with Gasteiger partial charge < -0.3 is 20.3 Å². The van der Waals surface area contributed by atoms with Crippen LogP contribution >= 0.6 is 24.0 Å². The average molecular weight is 428 g/mol. The third kappa shape index (κ3) is 10.9. The van der Waals surface area contributed by atoms with Crippen LogP contribution < -0.4 is 10.6 Å².